The number of aromatic amines is 1. The summed E-state index contributed by atoms with van der Waals surface area (Å²) in [6.45, 7) is 0. The second kappa shape index (κ2) is 5.08. The first-order valence-corrected chi connectivity index (χ1v) is 6.37. The average molecular weight is 339 g/mol. The van der Waals surface area contributed by atoms with Crippen molar-refractivity contribution in [3.05, 3.63) is 41.3 Å². The number of hydrogen-bond acceptors (Lipinski definition) is 4. The number of carboxylic acids is 1. The molecule has 1 amide bonds. The second-order valence-electron chi connectivity index (χ2n) is 4.75. The van der Waals surface area contributed by atoms with Crippen LogP contribution in [0.4, 0.5) is 13.2 Å². The lowest BCUT2D eigenvalue weighted by molar-refractivity contribution is -0.141. The van der Waals surface area contributed by atoms with Crippen LogP contribution in [-0.4, -0.2) is 36.8 Å². The monoisotopic (exact) mass is 339 g/mol. The Bertz CT molecular complexity index is 973. The molecule has 3 heterocycles. The van der Waals surface area contributed by atoms with Crippen molar-refractivity contribution in [2.45, 2.75) is 6.18 Å². The third-order valence-electron chi connectivity index (χ3n) is 3.33. The fraction of sp³-hybridized carbons (Fsp3) is 0.0769. The maximum absolute atomic E-state index is 12.9. The molecule has 124 valence electrons. The van der Waals surface area contributed by atoms with Crippen molar-refractivity contribution in [3.63, 3.8) is 0 Å². The van der Waals surface area contributed by atoms with Gasteiger partial charge in [-0.1, -0.05) is 0 Å². The lowest BCUT2D eigenvalue weighted by Gasteiger charge is -2.07. The molecule has 8 nitrogen and oxygen atoms in total. The Morgan fingerprint density at radius 2 is 1.96 bits per heavy atom. The summed E-state index contributed by atoms with van der Waals surface area (Å²) in [5, 5.41) is 18.2. The molecule has 3 rings (SSSR count). The molecule has 0 aliphatic heterocycles. The van der Waals surface area contributed by atoms with E-state index in [1.807, 2.05) is 0 Å². The van der Waals surface area contributed by atoms with E-state index >= 15 is 0 Å². The number of rotatable bonds is 3. The topological polar surface area (TPSA) is 126 Å². The number of nitrogens with two attached hydrogens (primary N) is 1. The summed E-state index contributed by atoms with van der Waals surface area (Å²) in [4.78, 5) is 22.7. The molecule has 0 unspecified atom stereocenters. The zero-order valence-corrected chi connectivity index (χ0v) is 11.6. The number of aromatic carboxylic acids is 1. The third kappa shape index (κ3) is 2.26. The van der Waals surface area contributed by atoms with Gasteiger partial charge in [0.2, 0.25) is 0 Å². The molecule has 0 aromatic carbocycles. The quantitative estimate of drug-likeness (QED) is 0.667. The van der Waals surface area contributed by atoms with Crippen LogP contribution in [0.2, 0.25) is 0 Å². The van der Waals surface area contributed by atoms with E-state index in [4.69, 9.17) is 10.8 Å². The van der Waals surface area contributed by atoms with Crippen LogP contribution < -0.4 is 5.73 Å². The highest BCUT2D eigenvalue weighted by Gasteiger charge is 2.40. The molecule has 0 atom stereocenters. The van der Waals surface area contributed by atoms with E-state index in [9.17, 15) is 22.8 Å². The Morgan fingerprint density at radius 1 is 1.25 bits per heavy atom. The molecule has 24 heavy (non-hydrogen) atoms. The van der Waals surface area contributed by atoms with Crippen molar-refractivity contribution in [1.82, 2.24) is 19.8 Å². The number of H-pyrrole nitrogens is 1. The molecule has 0 bridgehead atoms. The molecule has 0 radical (unpaired) electrons. The van der Waals surface area contributed by atoms with Crippen molar-refractivity contribution < 1.29 is 27.9 Å². The molecule has 3 aromatic heterocycles. The van der Waals surface area contributed by atoms with Crippen LogP contribution in [0.25, 0.3) is 16.8 Å². The molecule has 3 aromatic rings. The van der Waals surface area contributed by atoms with Gasteiger partial charge in [0, 0.05) is 5.56 Å². The number of carbonyl (C=O) groups is 2. The summed E-state index contributed by atoms with van der Waals surface area (Å²) in [5.74, 6) is -2.59. The first-order valence-electron chi connectivity index (χ1n) is 6.37. The number of aromatic nitrogens is 4. The van der Waals surface area contributed by atoms with Crippen LogP contribution in [0.15, 0.2) is 24.4 Å². The predicted octanol–water partition coefficient (Wildman–Crippen LogP) is 1.54. The Morgan fingerprint density at radius 3 is 2.54 bits per heavy atom. The van der Waals surface area contributed by atoms with Crippen molar-refractivity contribution in [1.29, 1.82) is 0 Å². The summed E-state index contributed by atoms with van der Waals surface area (Å²) < 4.78 is 39.9. The molecule has 0 fully saturated rings. The van der Waals surface area contributed by atoms with Gasteiger partial charge in [0.25, 0.3) is 5.91 Å². The van der Waals surface area contributed by atoms with Crippen molar-refractivity contribution >= 4 is 17.4 Å². The average Bonchev–Trinajstić information content (AvgIpc) is 3.12. The number of nitrogens with one attached hydrogen (secondary N) is 1. The minimum Gasteiger partial charge on any atom is -0.478 e. The lowest BCUT2D eigenvalue weighted by Crippen LogP contribution is -2.16. The second-order valence-corrected chi connectivity index (χ2v) is 4.75. The van der Waals surface area contributed by atoms with E-state index in [-0.39, 0.29) is 16.8 Å². The SMILES string of the molecule is NC(=O)c1ccc(-c2n[nH]c(C(F)(F)F)c2C(=O)O)c2ccnn12. The molecule has 11 heteroatoms. The summed E-state index contributed by atoms with van der Waals surface area (Å²) >= 11 is 0. The number of nitrogens with zero attached hydrogens (tertiary/aromatic N) is 3. The van der Waals surface area contributed by atoms with Gasteiger partial charge in [-0.05, 0) is 18.2 Å². The highest BCUT2D eigenvalue weighted by atomic mass is 19.4. The number of carboxylic acid groups (broad SMARTS) is 1. The van der Waals surface area contributed by atoms with E-state index in [0.717, 1.165) is 4.52 Å². The normalized spacial score (nSPS) is 11.8. The van der Waals surface area contributed by atoms with Crippen LogP contribution in [0, 0.1) is 0 Å². The van der Waals surface area contributed by atoms with E-state index in [0.29, 0.717) is 0 Å². The van der Waals surface area contributed by atoms with Crippen LogP contribution in [-0.2, 0) is 6.18 Å². The van der Waals surface area contributed by atoms with Crippen LogP contribution in [0.1, 0.15) is 26.5 Å². The molecule has 0 aliphatic carbocycles. The molecular formula is C13H8F3N5O3. The molecule has 0 aliphatic rings. The maximum Gasteiger partial charge on any atom is 0.433 e. The largest absolute Gasteiger partial charge is 0.478 e. The minimum absolute atomic E-state index is 0.0118. The Hall–Kier alpha value is -3.37. The van der Waals surface area contributed by atoms with Crippen LogP contribution in [0.5, 0.6) is 0 Å². The Kier molecular flexibility index (Phi) is 3.28. The number of primary amides is 1. The summed E-state index contributed by atoms with van der Waals surface area (Å²) in [6.07, 6.45) is -3.62. The van der Waals surface area contributed by atoms with Gasteiger partial charge in [-0.2, -0.15) is 23.4 Å². The van der Waals surface area contributed by atoms with Gasteiger partial charge in [-0.15, -0.1) is 0 Å². The first-order chi connectivity index (χ1) is 11.2. The van der Waals surface area contributed by atoms with Gasteiger partial charge < -0.3 is 10.8 Å². The number of carbonyl (C=O) groups excluding carboxylic acids is 1. The fourth-order valence-electron chi connectivity index (χ4n) is 2.35. The minimum atomic E-state index is -4.91. The number of hydrogen-bond donors (Lipinski definition) is 3. The number of alkyl halides is 3. The summed E-state index contributed by atoms with van der Waals surface area (Å²) in [7, 11) is 0. The van der Waals surface area contributed by atoms with Gasteiger partial charge >= 0.3 is 12.1 Å². The lowest BCUT2D eigenvalue weighted by atomic mass is 10.0. The molecule has 4 N–H and O–H groups in total. The molecule has 0 spiro atoms. The third-order valence-corrected chi connectivity index (χ3v) is 3.33. The first kappa shape index (κ1) is 15.5. The number of halogens is 3. The van der Waals surface area contributed by atoms with Gasteiger partial charge in [-0.3, -0.25) is 9.89 Å². The van der Waals surface area contributed by atoms with E-state index in [1.54, 1.807) is 5.10 Å². The van der Waals surface area contributed by atoms with Gasteiger partial charge in [0.05, 0.1) is 11.7 Å². The molecule has 0 saturated carbocycles. The van der Waals surface area contributed by atoms with Crippen LogP contribution >= 0.6 is 0 Å². The highest BCUT2D eigenvalue weighted by molar-refractivity contribution is 6.00. The number of pyridine rings is 1. The zero-order valence-electron chi connectivity index (χ0n) is 11.6. The maximum atomic E-state index is 12.9. The van der Waals surface area contributed by atoms with E-state index in [1.165, 1.54) is 24.4 Å². The fourth-order valence-corrected chi connectivity index (χ4v) is 2.35. The Balaban J connectivity index is 2.32. The standard InChI is InChI=1S/C13H8F3N5O3/c14-13(15,16)10-8(12(23)24)9(19-20-10)5-1-2-7(11(17)22)21-6(5)3-4-18-21/h1-4H,(H2,17,22)(H,19,20)(H,23,24). The number of fused-ring (bicyclic) bond motifs is 1. The number of amides is 1. The zero-order chi connectivity index (χ0) is 17.6. The summed E-state index contributed by atoms with van der Waals surface area (Å²) in [6, 6.07) is 3.89. The van der Waals surface area contributed by atoms with Gasteiger partial charge in [0.1, 0.15) is 17.0 Å². The summed E-state index contributed by atoms with van der Waals surface area (Å²) in [5.41, 5.74) is 2.53. The van der Waals surface area contributed by atoms with Crippen molar-refractivity contribution in [2.24, 2.45) is 5.73 Å². The van der Waals surface area contributed by atoms with Gasteiger partial charge in [-0.25, -0.2) is 9.31 Å². The van der Waals surface area contributed by atoms with Crippen molar-refractivity contribution in [2.75, 3.05) is 0 Å². The van der Waals surface area contributed by atoms with Crippen molar-refractivity contribution in [3.8, 4) is 11.3 Å². The Labute approximate surface area is 130 Å². The van der Waals surface area contributed by atoms with Gasteiger partial charge in [0.15, 0.2) is 5.69 Å². The van der Waals surface area contributed by atoms with E-state index in [2.05, 4.69) is 10.2 Å². The van der Waals surface area contributed by atoms with E-state index < -0.39 is 35.0 Å². The highest BCUT2D eigenvalue weighted by Crippen LogP contribution is 2.36. The smallest absolute Gasteiger partial charge is 0.433 e. The molecular weight excluding hydrogens is 331 g/mol. The van der Waals surface area contributed by atoms with Crippen LogP contribution in [0.3, 0.4) is 0 Å². The predicted molar refractivity (Wildman–Crippen MR) is 73.3 cm³/mol. The molecule has 0 saturated heterocycles.